The fourth-order valence-electron chi connectivity index (χ4n) is 4.49. The maximum absolute atomic E-state index is 12.9. The molecule has 2 aliphatic rings. The molecule has 0 spiro atoms. The summed E-state index contributed by atoms with van der Waals surface area (Å²) in [4.78, 5) is 32.1. The SMILES string of the molecule is Cn1c(=O)n([C@H]2CCCN(C(=O)C3CCCCC3)C2)c2ncccc21. The maximum Gasteiger partial charge on any atom is 0.330 e. The molecular formula is C19H26N4O2. The van der Waals surface area contributed by atoms with Crippen molar-refractivity contribution in [3.63, 3.8) is 0 Å². The predicted molar refractivity (Wildman–Crippen MR) is 96.4 cm³/mol. The monoisotopic (exact) mass is 342 g/mol. The standard InChI is InChI=1S/C19H26N4O2/c1-21-16-10-5-11-20-17(16)23(19(21)25)15-9-6-12-22(13-15)18(24)14-7-3-2-4-8-14/h5,10-11,14-15H,2-4,6-9,12-13H2,1H3/t15-/m0/s1. The Labute approximate surface area is 147 Å². The Morgan fingerprint density at radius 3 is 2.76 bits per heavy atom. The smallest absolute Gasteiger partial charge is 0.330 e. The first-order valence-electron chi connectivity index (χ1n) is 9.47. The summed E-state index contributed by atoms with van der Waals surface area (Å²) in [6.45, 7) is 1.45. The molecule has 0 radical (unpaired) electrons. The Kier molecular flexibility index (Phi) is 4.36. The highest BCUT2D eigenvalue weighted by molar-refractivity contribution is 5.79. The zero-order valence-corrected chi connectivity index (χ0v) is 14.9. The van der Waals surface area contributed by atoms with Gasteiger partial charge in [0, 0.05) is 32.3 Å². The summed E-state index contributed by atoms with van der Waals surface area (Å²) in [6.07, 6.45) is 9.23. The number of aromatic nitrogens is 3. The van der Waals surface area contributed by atoms with Crippen molar-refractivity contribution in [3.05, 3.63) is 28.8 Å². The predicted octanol–water partition coefficient (Wildman–Crippen LogP) is 2.48. The van der Waals surface area contributed by atoms with Gasteiger partial charge in [0.15, 0.2) is 5.65 Å². The summed E-state index contributed by atoms with van der Waals surface area (Å²) >= 11 is 0. The van der Waals surface area contributed by atoms with E-state index in [9.17, 15) is 9.59 Å². The van der Waals surface area contributed by atoms with Crippen LogP contribution in [0, 0.1) is 5.92 Å². The molecule has 2 fully saturated rings. The van der Waals surface area contributed by atoms with E-state index in [4.69, 9.17) is 0 Å². The Bertz CT molecular complexity index is 832. The molecule has 2 aromatic heterocycles. The largest absolute Gasteiger partial charge is 0.340 e. The van der Waals surface area contributed by atoms with E-state index in [-0.39, 0.29) is 17.6 Å². The van der Waals surface area contributed by atoms with Crippen molar-refractivity contribution in [2.24, 2.45) is 13.0 Å². The second-order valence-electron chi connectivity index (χ2n) is 7.47. The van der Waals surface area contributed by atoms with Gasteiger partial charge in [0.1, 0.15) is 0 Å². The van der Waals surface area contributed by atoms with Crippen molar-refractivity contribution >= 4 is 17.1 Å². The number of imidazole rings is 1. The van der Waals surface area contributed by atoms with Crippen LogP contribution in [0.4, 0.5) is 0 Å². The highest BCUT2D eigenvalue weighted by Crippen LogP contribution is 2.29. The molecule has 6 heteroatoms. The number of amides is 1. The highest BCUT2D eigenvalue weighted by Gasteiger charge is 2.31. The molecule has 0 bridgehead atoms. The lowest BCUT2D eigenvalue weighted by molar-refractivity contribution is -0.138. The number of pyridine rings is 1. The Morgan fingerprint density at radius 1 is 1.16 bits per heavy atom. The number of piperidine rings is 1. The molecule has 3 heterocycles. The molecule has 6 nitrogen and oxygen atoms in total. The van der Waals surface area contributed by atoms with Crippen LogP contribution in [0.15, 0.2) is 23.1 Å². The lowest BCUT2D eigenvalue weighted by Gasteiger charge is -2.36. The van der Waals surface area contributed by atoms with E-state index in [0.717, 1.165) is 43.4 Å². The molecule has 0 unspecified atom stereocenters. The van der Waals surface area contributed by atoms with Gasteiger partial charge in [-0.25, -0.2) is 9.78 Å². The van der Waals surface area contributed by atoms with E-state index < -0.39 is 0 Å². The van der Waals surface area contributed by atoms with Gasteiger partial charge >= 0.3 is 5.69 Å². The van der Waals surface area contributed by atoms with Crippen LogP contribution < -0.4 is 5.69 Å². The van der Waals surface area contributed by atoms with Gasteiger partial charge in [0.2, 0.25) is 5.91 Å². The van der Waals surface area contributed by atoms with Gasteiger partial charge in [-0.3, -0.25) is 13.9 Å². The summed E-state index contributed by atoms with van der Waals surface area (Å²) in [5.41, 5.74) is 1.54. The second-order valence-corrected chi connectivity index (χ2v) is 7.47. The van der Waals surface area contributed by atoms with Crippen LogP contribution in [-0.2, 0) is 11.8 Å². The van der Waals surface area contributed by atoms with Crippen molar-refractivity contribution in [2.75, 3.05) is 13.1 Å². The Morgan fingerprint density at radius 2 is 1.96 bits per heavy atom. The van der Waals surface area contributed by atoms with Gasteiger partial charge in [0.25, 0.3) is 0 Å². The molecule has 1 aliphatic heterocycles. The minimum atomic E-state index is -0.0364. The lowest BCUT2D eigenvalue weighted by Crippen LogP contribution is -2.45. The molecule has 2 aromatic rings. The molecule has 1 amide bonds. The third kappa shape index (κ3) is 2.87. The van der Waals surface area contributed by atoms with E-state index in [0.29, 0.717) is 12.5 Å². The van der Waals surface area contributed by atoms with Gasteiger partial charge in [-0.15, -0.1) is 0 Å². The van der Waals surface area contributed by atoms with E-state index in [2.05, 4.69) is 4.98 Å². The highest BCUT2D eigenvalue weighted by atomic mass is 16.2. The molecule has 1 atom stereocenters. The number of likely N-dealkylation sites (tertiary alicyclic amines) is 1. The molecular weight excluding hydrogens is 316 g/mol. The summed E-state index contributed by atoms with van der Waals surface area (Å²) in [5.74, 6) is 0.487. The molecule has 4 rings (SSSR count). The van der Waals surface area contributed by atoms with Crippen molar-refractivity contribution < 1.29 is 4.79 Å². The van der Waals surface area contributed by atoms with E-state index in [1.807, 2.05) is 17.0 Å². The lowest BCUT2D eigenvalue weighted by atomic mass is 9.87. The van der Waals surface area contributed by atoms with Gasteiger partial charge < -0.3 is 4.90 Å². The quantitative estimate of drug-likeness (QED) is 0.842. The average Bonchev–Trinajstić information content (AvgIpc) is 2.93. The summed E-state index contributed by atoms with van der Waals surface area (Å²) in [6, 6.07) is 3.80. The number of hydrogen-bond acceptors (Lipinski definition) is 3. The van der Waals surface area contributed by atoms with Crippen LogP contribution >= 0.6 is 0 Å². The fourth-order valence-corrected chi connectivity index (χ4v) is 4.49. The maximum atomic E-state index is 12.9. The Hall–Kier alpha value is -2.11. The minimum absolute atomic E-state index is 0.0207. The number of aryl methyl sites for hydroxylation is 1. The Balaban J connectivity index is 1.61. The van der Waals surface area contributed by atoms with Gasteiger partial charge in [-0.2, -0.15) is 0 Å². The zero-order valence-electron chi connectivity index (χ0n) is 14.9. The van der Waals surface area contributed by atoms with Gasteiger partial charge in [-0.05, 0) is 37.8 Å². The molecule has 0 aromatic carbocycles. The minimum Gasteiger partial charge on any atom is -0.340 e. The van der Waals surface area contributed by atoms with Gasteiger partial charge in [0.05, 0.1) is 11.6 Å². The fraction of sp³-hybridized carbons (Fsp3) is 0.632. The first-order chi connectivity index (χ1) is 12.2. The van der Waals surface area contributed by atoms with Crippen molar-refractivity contribution in [2.45, 2.75) is 51.0 Å². The molecule has 134 valence electrons. The molecule has 1 aliphatic carbocycles. The van der Waals surface area contributed by atoms with E-state index in [1.165, 1.54) is 19.3 Å². The number of rotatable bonds is 2. The molecule has 1 saturated carbocycles. The molecule has 25 heavy (non-hydrogen) atoms. The van der Waals surface area contributed by atoms with Crippen molar-refractivity contribution in [1.82, 2.24) is 19.0 Å². The summed E-state index contributed by atoms with van der Waals surface area (Å²) < 4.78 is 3.46. The number of fused-ring (bicyclic) bond motifs is 1. The van der Waals surface area contributed by atoms with Crippen LogP contribution in [0.3, 0.4) is 0 Å². The first-order valence-corrected chi connectivity index (χ1v) is 9.47. The molecule has 1 saturated heterocycles. The normalized spacial score (nSPS) is 22.4. The zero-order chi connectivity index (χ0) is 17.4. The third-order valence-corrected chi connectivity index (χ3v) is 5.88. The van der Waals surface area contributed by atoms with Crippen LogP contribution in [-0.4, -0.2) is 38.0 Å². The van der Waals surface area contributed by atoms with Crippen molar-refractivity contribution in [1.29, 1.82) is 0 Å². The number of carbonyl (C=O) groups excluding carboxylic acids is 1. The van der Waals surface area contributed by atoms with Crippen LogP contribution in [0.5, 0.6) is 0 Å². The van der Waals surface area contributed by atoms with Crippen LogP contribution in [0.2, 0.25) is 0 Å². The van der Waals surface area contributed by atoms with Crippen LogP contribution in [0.1, 0.15) is 51.0 Å². The average molecular weight is 342 g/mol. The third-order valence-electron chi connectivity index (χ3n) is 5.88. The van der Waals surface area contributed by atoms with E-state index in [1.54, 1.807) is 22.4 Å². The summed E-state index contributed by atoms with van der Waals surface area (Å²) in [7, 11) is 1.79. The van der Waals surface area contributed by atoms with Gasteiger partial charge in [-0.1, -0.05) is 19.3 Å². The number of nitrogens with zero attached hydrogens (tertiary/aromatic N) is 4. The van der Waals surface area contributed by atoms with E-state index >= 15 is 0 Å². The molecule has 0 N–H and O–H groups in total. The van der Waals surface area contributed by atoms with Crippen molar-refractivity contribution in [3.8, 4) is 0 Å². The second kappa shape index (κ2) is 6.65. The topological polar surface area (TPSA) is 60.1 Å². The summed E-state index contributed by atoms with van der Waals surface area (Å²) in [5, 5.41) is 0. The number of hydrogen-bond donors (Lipinski definition) is 0. The van der Waals surface area contributed by atoms with Crippen LogP contribution in [0.25, 0.3) is 11.2 Å². The number of carbonyl (C=O) groups is 1. The first kappa shape index (κ1) is 16.4.